The predicted octanol–water partition coefficient (Wildman–Crippen LogP) is 2.03. The number of hydrogen-bond acceptors (Lipinski definition) is 4. The maximum atomic E-state index is 12.9. The quantitative estimate of drug-likeness (QED) is 0.838. The predicted molar refractivity (Wildman–Crippen MR) is 93.3 cm³/mol. The highest BCUT2D eigenvalue weighted by Gasteiger charge is 2.45. The Bertz CT molecular complexity index is 882. The van der Waals surface area contributed by atoms with Crippen LogP contribution in [-0.2, 0) is 19.6 Å². The summed E-state index contributed by atoms with van der Waals surface area (Å²) in [5, 5.41) is 0. The molecule has 130 valence electrons. The molecule has 0 radical (unpaired) electrons. The Morgan fingerprint density at radius 1 is 1.04 bits per heavy atom. The van der Waals surface area contributed by atoms with Crippen LogP contribution in [-0.4, -0.2) is 37.6 Å². The molecule has 1 aliphatic heterocycles. The van der Waals surface area contributed by atoms with Crippen LogP contribution < -0.4 is 4.90 Å². The zero-order valence-corrected chi connectivity index (χ0v) is 14.5. The molecule has 1 aliphatic rings. The van der Waals surface area contributed by atoms with Crippen molar-refractivity contribution in [2.24, 2.45) is 0 Å². The molecule has 0 bridgehead atoms. The van der Waals surface area contributed by atoms with E-state index < -0.39 is 27.9 Å². The highest BCUT2D eigenvalue weighted by atomic mass is 32.2. The van der Waals surface area contributed by atoms with Gasteiger partial charge in [-0.3, -0.25) is 9.59 Å². The molecule has 0 aromatic heterocycles. The molecule has 1 heterocycles. The monoisotopic (exact) mass is 358 g/mol. The van der Waals surface area contributed by atoms with Gasteiger partial charge in [-0.25, -0.2) is 12.7 Å². The first-order chi connectivity index (χ1) is 11.9. The second kappa shape index (κ2) is 6.68. The molecule has 0 saturated carbocycles. The number of nitrogens with zero attached hydrogens (tertiary/aromatic N) is 2. The Balaban J connectivity index is 1.94. The SMILES string of the molecule is CN(C(=O)C1CCC(=O)N1S(=O)(=O)c1ccccc1)c1ccccc1. The summed E-state index contributed by atoms with van der Waals surface area (Å²) in [7, 11) is -2.48. The summed E-state index contributed by atoms with van der Waals surface area (Å²) < 4.78 is 26.4. The molecular formula is C18H18N2O4S. The number of sulfonamides is 1. The molecule has 6 nitrogen and oxygen atoms in total. The number of rotatable bonds is 4. The van der Waals surface area contributed by atoms with Crippen molar-refractivity contribution in [3.8, 4) is 0 Å². The van der Waals surface area contributed by atoms with Crippen LogP contribution in [0, 0.1) is 0 Å². The highest BCUT2D eigenvalue weighted by molar-refractivity contribution is 7.89. The molecule has 0 spiro atoms. The number of hydrogen-bond donors (Lipinski definition) is 0. The van der Waals surface area contributed by atoms with Crippen LogP contribution in [0.15, 0.2) is 65.6 Å². The molecule has 0 aliphatic carbocycles. The van der Waals surface area contributed by atoms with Crippen LogP contribution >= 0.6 is 0 Å². The zero-order valence-electron chi connectivity index (χ0n) is 13.7. The van der Waals surface area contributed by atoms with E-state index in [1.54, 1.807) is 49.5 Å². The summed E-state index contributed by atoms with van der Waals surface area (Å²) in [6.07, 6.45) is 0.214. The van der Waals surface area contributed by atoms with E-state index in [9.17, 15) is 18.0 Å². The fraction of sp³-hybridized carbons (Fsp3) is 0.222. The normalized spacial score (nSPS) is 17.6. The molecule has 1 atom stereocenters. The van der Waals surface area contributed by atoms with Crippen molar-refractivity contribution in [2.75, 3.05) is 11.9 Å². The third-order valence-electron chi connectivity index (χ3n) is 4.22. The van der Waals surface area contributed by atoms with E-state index in [1.807, 2.05) is 6.07 Å². The molecule has 2 amide bonds. The van der Waals surface area contributed by atoms with Crippen molar-refractivity contribution in [3.63, 3.8) is 0 Å². The molecule has 1 unspecified atom stereocenters. The van der Waals surface area contributed by atoms with E-state index in [0.29, 0.717) is 5.69 Å². The summed E-state index contributed by atoms with van der Waals surface area (Å²) in [5.74, 6) is -0.972. The molecule has 1 fully saturated rings. The van der Waals surface area contributed by atoms with Crippen molar-refractivity contribution < 1.29 is 18.0 Å². The van der Waals surface area contributed by atoms with Gasteiger partial charge in [-0.15, -0.1) is 0 Å². The van der Waals surface area contributed by atoms with Gasteiger partial charge < -0.3 is 4.90 Å². The first-order valence-corrected chi connectivity index (χ1v) is 9.32. The van der Waals surface area contributed by atoms with Crippen LogP contribution in [0.5, 0.6) is 0 Å². The van der Waals surface area contributed by atoms with Gasteiger partial charge in [0.25, 0.3) is 15.9 Å². The van der Waals surface area contributed by atoms with Crippen LogP contribution in [0.4, 0.5) is 5.69 Å². The molecule has 0 N–H and O–H groups in total. The van der Waals surface area contributed by atoms with Gasteiger partial charge >= 0.3 is 0 Å². The lowest BCUT2D eigenvalue weighted by Crippen LogP contribution is -2.48. The minimum Gasteiger partial charge on any atom is -0.314 e. The smallest absolute Gasteiger partial charge is 0.267 e. The van der Waals surface area contributed by atoms with E-state index in [-0.39, 0.29) is 17.7 Å². The van der Waals surface area contributed by atoms with Crippen LogP contribution in [0.2, 0.25) is 0 Å². The Labute approximate surface area is 146 Å². The van der Waals surface area contributed by atoms with Crippen molar-refractivity contribution >= 4 is 27.5 Å². The molecular weight excluding hydrogens is 340 g/mol. The van der Waals surface area contributed by atoms with Gasteiger partial charge in [-0.2, -0.15) is 0 Å². The second-order valence-electron chi connectivity index (χ2n) is 5.79. The van der Waals surface area contributed by atoms with E-state index in [2.05, 4.69) is 0 Å². The Kier molecular flexibility index (Phi) is 4.59. The molecule has 1 saturated heterocycles. The number of benzene rings is 2. The standard InChI is InChI=1S/C18H18N2O4S/c1-19(14-8-4-2-5-9-14)18(22)16-12-13-17(21)20(16)25(23,24)15-10-6-3-7-11-15/h2-11,16H,12-13H2,1H3. The highest BCUT2D eigenvalue weighted by Crippen LogP contribution is 2.29. The maximum absolute atomic E-state index is 12.9. The molecule has 2 aromatic carbocycles. The number of carbonyl (C=O) groups excluding carboxylic acids is 2. The lowest BCUT2D eigenvalue weighted by atomic mass is 10.2. The lowest BCUT2D eigenvalue weighted by molar-refractivity contribution is -0.129. The lowest BCUT2D eigenvalue weighted by Gasteiger charge is -2.27. The average Bonchev–Trinajstić information content (AvgIpc) is 3.04. The average molecular weight is 358 g/mol. The zero-order chi connectivity index (χ0) is 18.0. The van der Waals surface area contributed by atoms with E-state index in [1.165, 1.54) is 17.0 Å². The van der Waals surface area contributed by atoms with Gasteiger partial charge in [0.1, 0.15) is 6.04 Å². The van der Waals surface area contributed by atoms with E-state index in [0.717, 1.165) is 4.31 Å². The third kappa shape index (κ3) is 3.15. The maximum Gasteiger partial charge on any atom is 0.267 e. The fourth-order valence-corrected chi connectivity index (χ4v) is 4.51. The van der Waals surface area contributed by atoms with E-state index in [4.69, 9.17) is 0 Å². The van der Waals surface area contributed by atoms with Gasteiger partial charge in [0.05, 0.1) is 4.90 Å². The third-order valence-corrected chi connectivity index (χ3v) is 6.06. The largest absolute Gasteiger partial charge is 0.314 e. The second-order valence-corrected chi connectivity index (χ2v) is 7.61. The molecule has 7 heteroatoms. The number of para-hydroxylation sites is 1. The van der Waals surface area contributed by atoms with Crippen molar-refractivity contribution in [1.82, 2.24) is 4.31 Å². The topological polar surface area (TPSA) is 74.8 Å². The summed E-state index contributed by atoms with van der Waals surface area (Å²) in [5.41, 5.74) is 0.643. The van der Waals surface area contributed by atoms with Gasteiger partial charge in [0.2, 0.25) is 5.91 Å². The van der Waals surface area contributed by atoms with Gasteiger partial charge in [-0.1, -0.05) is 36.4 Å². The van der Waals surface area contributed by atoms with Crippen molar-refractivity contribution in [2.45, 2.75) is 23.8 Å². The van der Waals surface area contributed by atoms with Crippen LogP contribution in [0.3, 0.4) is 0 Å². The van der Waals surface area contributed by atoms with Crippen molar-refractivity contribution in [3.05, 3.63) is 60.7 Å². The summed E-state index contributed by atoms with van der Waals surface area (Å²) in [4.78, 5) is 26.5. The number of carbonyl (C=O) groups is 2. The Morgan fingerprint density at radius 2 is 1.60 bits per heavy atom. The molecule has 3 rings (SSSR count). The Hall–Kier alpha value is -2.67. The van der Waals surface area contributed by atoms with E-state index >= 15 is 0 Å². The van der Waals surface area contributed by atoms with Gasteiger partial charge in [0.15, 0.2) is 0 Å². The first-order valence-electron chi connectivity index (χ1n) is 7.88. The number of amides is 2. The summed E-state index contributed by atoms with van der Waals surface area (Å²) >= 11 is 0. The van der Waals surface area contributed by atoms with Gasteiger partial charge in [-0.05, 0) is 30.7 Å². The number of likely N-dealkylation sites (N-methyl/N-ethyl adjacent to an activating group) is 1. The number of anilines is 1. The molecule has 2 aromatic rings. The van der Waals surface area contributed by atoms with Crippen LogP contribution in [0.1, 0.15) is 12.8 Å². The summed E-state index contributed by atoms with van der Waals surface area (Å²) in [6.45, 7) is 0. The van der Waals surface area contributed by atoms with Crippen molar-refractivity contribution in [1.29, 1.82) is 0 Å². The van der Waals surface area contributed by atoms with Gasteiger partial charge in [0, 0.05) is 19.2 Å². The Morgan fingerprint density at radius 3 is 2.20 bits per heavy atom. The first kappa shape index (κ1) is 17.2. The minimum absolute atomic E-state index is 0.00501. The minimum atomic E-state index is -4.06. The van der Waals surface area contributed by atoms with Crippen LogP contribution in [0.25, 0.3) is 0 Å². The fourth-order valence-electron chi connectivity index (χ4n) is 2.90. The molecule has 25 heavy (non-hydrogen) atoms. The summed E-state index contributed by atoms with van der Waals surface area (Å²) in [6, 6.07) is 15.6.